The number of ether oxygens (including phenoxy) is 2. The Morgan fingerprint density at radius 3 is 2.68 bits per heavy atom. The molecule has 2 aromatic carbocycles. The van der Waals surface area contributed by atoms with Gasteiger partial charge in [-0.3, -0.25) is 10.1 Å². The standard InChI is InChI=1S/C20H19N3O4S/c1-12(2)28-15-6-4-14(5-7-15)19(24)21-20-23-22-18(27-20)10-13-3-8-16-17(9-13)26-11-25-16/h3-9,12H,10-11H2,1-2H3,(H,21,23,24). The number of hydrogen-bond acceptors (Lipinski definition) is 7. The number of rotatable bonds is 6. The van der Waals surface area contributed by atoms with E-state index in [-0.39, 0.29) is 18.7 Å². The van der Waals surface area contributed by atoms with Crippen molar-refractivity contribution >= 4 is 23.7 Å². The van der Waals surface area contributed by atoms with Crippen LogP contribution in [-0.4, -0.2) is 28.1 Å². The normalized spacial score (nSPS) is 12.4. The fourth-order valence-electron chi connectivity index (χ4n) is 2.73. The molecule has 1 amide bonds. The van der Waals surface area contributed by atoms with Gasteiger partial charge in [-0.05, 0) is 42.0 Å². The van der Waals surface area contributed by atoms with Crippen LogP contribution in [-0.2, 0) is 6.42 Å². The van der Waals surface area contributed by atoms with Gasteiger partial charge in [-0.2, -0.15) is 0 Å². The molecular formula is C20H19N3O4S. The third-order valence-electron chi connectivity index (χ3n) is 3.97. The van der Waals surface area contributed by atoms with Crippen molar-refractivity contribution in [1.29, 1.82) is 0 Å². The smallest absolute Gasteiger partial charge is 0.322 e. The summed E-state index contributed by atoms with van der Waals surface area (Å²) in [6, 6.07) is 13.1. The monoisotopic (exact) mass is 397 g/mol. The topological polar surface area (TPSA) is 86.5 Å². The van der Waals surface area contributed by atoms with Gasteiger partial charge in [-0.15, -0.1) is 16.9 Å². The van der Waals surface area contributed by atoms with Gasteiger partial charge in [0.15, 0.2) is 11.5 Å². The lowest BCUT2D eigenvalue weighted by Gasteiger charge is -2.05. The van der Waals surface area contributed by atoms with Crippen molar-refractivity contribution in [2.24, 2.45) is 0 Å². The van der Waals surface area contributed by atoms with Crippen molar-refractivity contribution in [3.63, 3.8) is 0 Å². The fourth-order valence-corrected chi connectivity index (χ4v) is 3.56. The Morgan fingerprint density at radius 1 is 1.11 bits per heavy atom. The van der Waals surface area contributed by atoms with Crippen LogP contribution in [0.5, 0.6) is 11.5 Å². The van der Waals surface area contributed by atoms with Gasteiger partial charge in [0, 0.05) is 15.7 Å². The van der Waals surface area contributed by atoms with Crippen molar-refractivity contribution in [3.05, 3.63) is 59.5 Å². The van der Waals surface area contributed by atoms with Crippen LogP contribution >= 0.6 is 11.8 Å². The average Bonchev–Trinajstić information content (AvgIpc) is 3.30. The lowest BCUT2D eigenvalue weighted by atomic mass is 10.1. The number of carbonyl (C=O) groups excluding carboxylic acids is 1. The van der Waals surface area contributed by atoms with E-state index in [0.717, 1.165) is 16.2 Å². The minimum Gasteiger partial charge on any atom is -0.454 e. The van der Waals surface area contributed by atoms with Gasteiger partial charge in [-0.25, -0.2) is 0 Å². The highest BCUT2D eigenvalue weighted by Gasteiger charge is 2.16. The number of benzene rings is 2. The predicted molar refractivity (Wildman–Crippen MR) is 105 cm³/mol. The van der Waals surface area contributed by atoms with E-state index in [4.69, 9.17) is 13.9 Å². The van der Waals surface area contributed by atoms with Gasteiger partial charge in [0.05, 0.1) is 6.42 Å². The van der Waals surface area contributed by atoms with Gasteiger partial charge in [0.2, 0.25) is 12.7 Å². The number of anilines is 1. The molecule has 1 N–H and O–H groups in total. The first-order chi connectivity index (χ1) is 13.6. The van der Waals surface area contributed by atoms with Crippen molar-refractivity contribution in [2.75, 3.05) is 12.1 Å². The number of aromatic nitrogens is 2. The molecule has 8 heteroatoms. The first-order valence-electron chi connectivity index (χ1n) is 8.86. The molecule has 0 saturated heterocycles. The van der Waals surface area contributed by atoms with E-state index < -0.39 is 0 Å². The number of nitrogens with one attached hydrogen (secondary N) is 1. The number of hydrogen-bond donors (Lipinski definition) is 1. The first-order valence-corrected chi connectivity index (χ1v) is 9.74. The highest BCUT2D eigenvalue weighted by Crippen LogP contribution is 2.33. The zero-order valence-corrected chi connectivity index (χ0v) is 16.3. The predicted octanol–water partition coefficient (Wildman–Crippen LogP) is 4.14. The Labute approximate surface area is 166 Å². The molecule has 4 rings (SSSR count). The van der Waals surface area contributed by atoms with Crippen LogP contribution in [0.4, 0.5) is 6.01 Å². The Balaban J connectivity index is 1.38. The molecule has 1 aromatic heterocycles. The molecular weight excluding hydrogens is 378 g/mol. The summed E-state index contributed by atoms with van der Waals surface area (Å²) in [6.07, 6.45) is 0.431. The van der Waals surface area contributed by atoms with Crippen LogP contribution in [0.15, 0.2) is 51.8 Å². The lowest BCUT2D eigenvalue weighted by molar-refractivity contribution is 0.102. The van der Waals surface area contributed by atoms with Crippen molar-refractivity contribution in [2.45, 2.75) is 30.4 Å². The summed E-state index contributed by atoms with van der Waals surface area (Å²) in [5, 5.41) is 11.0. The second-order valence-corrected chi connectivity index (χ2v) is 8.16. The van der Waals surface area contributed by atoms with E-state index in [1.165, 1.54) is 0 Å². The molecule has 0 bridgehead atoms. The van der Waals surface area contributed by atoms with E-state index in [2.05, 4.69) is 29.4 Å². The second-order valence-electron chi connectivity index (χ2n) is 6.51. The third kappa shape index (κ3) is 4.28. The van der Waals surface area contributed by atoms with E-state index in [1.54, 1.807) is 23.9 Å². The van der Waals surface area contributed by atoms with Crippen molar-refractivity contribution < 1.29 is 18.7 Å². The molecule has 0 spiro atoms. The van der Waals surface area contributed by atoms with Gasteiger partial charge in [0.1, 0.15) is 0 Å². The van der Waals surface area contributed by atoms with Crippen molar-refractivity contribution in [3.8, 4) is 11.5 Å². The van der Waals surface area contributed by atoms with Crippen LogP contribution in [0.2, 0.25) is 0 Å². The Kier molecular flexibility index (Phi) is 5.21. The third-order valence-corrected chi connectivity index (χ3v) is 4.98. The summed E-state index contributed by atoms with van der Waals surface area (Å²) >= 11 is 1.75. The molecule has 0 atom stereocenters. The maximum Gasteiger partial charge on any atom is 0.322 e. The summed E-state index contributed by atoms with van der Waals surface area (Å²) in [7, 11) is 0. The molecule has 0 aliphatic carbocycles. The fraction of sp³-hybridized carbons (Fsp3) is 0.250. The second kappa shape index (κ2) is 7.93. The van der Waals surface area contributed by atoms with Gasteiger partial charge in [0.25, 0.3) is 5.91 Å². The molecule has 7 nitrogen and oxygen atoms in total. The minimum atomic E-state index is -0.292. The SMILES string of the molecule is CC(C)Sc1ccc(C(=O)Nc2nnc(Cc3ccc4c(c3)OCO4)o2)cc1. The molecule has 28 heavy (non-hydrogen) atoms. The molecule has 1 aliphatic heterocycles. The van der Waals surface area contributed by atoms with E-state index in [0.29, 0.717) is 28.9 Å². The molecule has 0 fully saturated rings. The van der Waals surface area contributed by atoms with Gasteiger partial charge < -0.3 is 13.9 Å². The number of nitrogens with zero attached hydrogens (tertiary/aromatic N) is 2. The summed E-state index contributed by atoms with van der Waals surface area (Å²) < 4.78 is 16.2. The number of thioether (sulfide) groups is 1. The Bertz CT molecular complexity index is 985. The number of fused-ring (bicyclic) bond motifs is 1. The van der Waals surface area contributed by atoms with Gasteiger partial charge >= 0.3 is 6.01 Å². The van der Waals surface area contributed by atoms with Crippen LogP contribution in [0.3, 0.4) is 0 Å². The Morgan fingerprint density at radius 2 is 1.89 bits per heavy atom. The number of amides is 1. The van der Waals surface area contributed by atoms with Crippen LogP contribution in [0.1, 0.15) is 35.7 Å². The summed E-state index contributed by atoms with van der Waals surface area (Å²) in [4.78, 5) is 13.5. The van der Waals surface area contributed by atoms with Gasteiger partial charge in [-0.1, -0.05) is 25.0 Å². The quantitative estimate of drug-likeness (QED) is 0.626. The molecule has 3 aromatic rings. The van der Waals surface area contributed by atoms with Crippen LogP contribution in [0.25, 0.3) is 0 Å². The zero-order valence-electron chi connectivity index (χ0n) is 15.5. The summed E-state index contributed by atoms with van der Waals surface area (Å²) in [5.74, 6) is 1.53. The molecule has 0 unspecified atom stereocenters. The lowest BCUT2D eigenvalue weighted by Crippen LogP contribution is -2.12. The number of carbonyl (C=O) groups is 1. The highest BCUT2D eigenvalue weighted by atomic mass is 32.2. The molecule has 1 aliphatic rings. The minimum absolute atomic E-state index is 0.0707. The maximum atomic E-state index is 12.4. The first kappa shape index (κ1) is 18.4. The largest absolute Gasteiger partial charge is 0.454 e. The van der Waals surface area contributed by atoms with E-state index in [9.17, 15) is 4.79 Å². The summed E-state index contributed by atoms with van der Waals surface area (Å²) in [5.41, 5.74) is 1.48. The molecule has 0 saturated carbocycles. The van der Waals surface area contributed by atoms with E-state index in [1.807, 2.05) is 30.3 Å². The molecule has 0 radical (unpaired) electrons. The average molecular weight is 397 g/mol. The van der Waals surface area contributed by atoms with Crippen LogP contribution in [0, 0.1) is 0 Å². The summed E-state index contributed by atoms with van der Waals surface area (Å²) in [6.45, 7) is 4.48. The maximum absolute atomic E-state index is 12.4. The molecule has 2 heterocycles. The van der Waals surface area contributed by atoms with Crippen molar-refractivity contribution in [1.82, 2.24) is 10.2 Å². The molecule has 144 valence electrons. The van der Waals surface area contributed by atoms with Crippen LogP contribution < -0.4 is 14.8 Å². The zero-order chi connectivity index (χ0) is 19.5. The van der Waals surface area contributed by atoms with E-state index >= 15 is 0 Å². The Hall–Kier alpha value is -3.00. The highest BCUT2D eigenvalue weighted by molar-refractivity contribution is 7.99.